The molecule has 1 aromatic rings. The van der Waals surface area contributed by atoms with Crippen LogP contribution in [0, 0.1) is 23.1 Å². The van der Waals surface area contributed by atoms with Crippen LogP contribution in [0.15, 0.2) is 18.2 Å². The zero-order valence-electron chi connectivity index (χ0n) is 12.0. The number of hydrogen-bond acceptors (Lipinski definition) is 1. The molecule has 0 saturated heterocycles. The summed E-state index contributed by atoms with van der Waals surface area (Å²) in [6, 6.07) is 5.56. The zero-order chi connectivity index (χ0) is 13.9. The highest BCUT2D eigenvalue weighted by Gasteiger charge is 2.54. The smallest absolute Gasteiger partial charge is 0.139 e. The normalized spacial score (nSPS) is 39.1. The van der Waals surface area contributed by atoms with E-state index in [9.17, 15) is 9.18 Å². The van der Waals surface area contributed by atoms with E-state index in [1.807, 2.05) is 6.07 Å². The van der Waals surface area contributed by atoms with Gasteiger partial charge in [0.25, 0.3) is 0 Å². The Balaban J connectivity index is 1.75. The molecule has 2 saturated carbocycles. The molecule has 0 aromatic heterocycles. The summed E-state index contributed by atoms with van der Waals surface area (Å²) >= 11 is 0. The minimum atomic E-state index is -0.0774. The molecule has 20 heavy (non-hydrogen) atoms. The minimum Gasteiger partial charge on any atom is -0.299 e. The Morgan fingerprint density at radius 1 is 1.20 bits per heavy atom. The molecule has 4 rings (SSSR count). The highest BCUT2D eigenvalue weighted by molar-refractivity contribution is 5.87. The lowest BCUT2D eigenvalue weighted by atomic mass is 9.55. The van der Waals surface area contributed by atoms with Crippen LogP contribution in [0.5, 0.6) is 0 Å². The Morgan fingerprint density at radius 3 is 2.90 bits per heavy atom. The molecule has 0 amide bonds. The fraction of sp³-hybridized carbons (Fsp3) is 0.611. The van der Waals surface area contributed by atoms with Crippen molar-refractivity contribution in [3.63, 3.8) is 0 Å². The molecule has 4 atom stereocenters. The summed E-state index contributed by atoms with van der Waals surface area (Å²) in [5.41, 5.74) is 2.11. The molecule has 0 bridgehead atoms. The van der Waals surface area contributed by atoms with Gasteiger partial charge in [0, 0.05) is 11.8 Å². The second-order valence-corrected chi connectivity index (χ2v) is 7.14. The average molecular weight is 272 g/mol. The van der Waals surface area contributed by atoms with Crippen molar-refractivity contribution in [3.05, 3.63) is 35.1 Å². The Labute approximate surface area is 119 Å². The SMILES string of the molecule is C[C@]12CCC3c4cccc(F)c4CCC3C1CCC2=O. The molecule has 0 N–H and O–H groups in total. The van der Waals surface area contributed by atoms with Crippen LogP contribution in [0.2, 0.25) is 0 Å². The second kappa shape index (κ2) is 4.16. The summed E-state index contributed by atoms with van der Waals surface area (Å²) in [6.45, 7) is 2.18. The maximum absolute atomic E-state index is 14.0. The molecule has 0 spiro atoms. The molecular formula is C18H21FO. The molecule has 0 aliphatic heterocycles. The fourth-order valence-electron chi connectivity index (χ4n) is 5.34. The van der Waals surface area contributed by atoms with Gasteiger partial charge < -0.3 is 0 Å². The largest absolute Gasteiger partial charge is 0.299 e. The van der Waals surface area contributed by atoms with Crippen molar-refractivity contribution in [2.75, 3.05) is 0 Å². The first kappa shape index (κ1) is 12.6. The van der Waals surface area contributed by atoms with Crippen LogP contribution < -0.4 is 0 Å². The van der Waals surface area contributed by atoms with Gasteiger partial charge in [-0.2, -0.15) is 0 Å². The van der Waals surface area contributed by atoms with Crippen LogP contribution in [-0.4, -0.2) is 5.78 Å². The molecule has 1 nitrogen and oxygen atoms in total. The number of halogens is 1. The van der Waals surface area contributed by atoms with Crippen molar-refractivity contribution >= 4 is 5.78 Å². The van der Waals surface area contributed by atoms with E-state index in [2.05, 4.69) is 13.0 Å². The van der Waals surface area contributed by atoms with Gasteiger partial charge >= 0.3 is 0 Å². The van der Waals surface area contributed by atoms with Gasteiger partial charge in [0.15, 0.2) is 0 Å². The number of carbonyl (C=O) groups is 1. The van der Waals surface area contributed by atoms with Crippen molar-refractivity contribution in [1.29, 1.82) is 0 Å². The van der Waals surface area contributed by atoms with E-state index >= 15 is 0 Å². The summed E-state index contributed by atoms with van der Waals surface area (Å²) in [7, 11) is 0. The number of ketones is 1. The number of Topliss-reactive ketones (excluding diaryl/α,β-unsaturated/α-hetero) is 1. The monoisotopic (exact) mass is 272 g/mol. The summed E-state index contributed by atoms with van der Waals surface area (Å²) in [5, 5.41) is 0. The Hall–Kier alpha value is -1.18. The van der Waals surface area contributed by atoms with Gasteiger partial charge in [-0.1, -0.05) is 19.1 Å². The topological polar surface area (TPSA) is 17.1 Å². The third-order valence-corrected chi connectivity index (χ3v) is 6.43. The minimum absolute atomic E-state index is 0.0308. The summed E-state index contributed by atoms with van der Waals surface area (Å²) in [4.78, 5) is 12.2. The molecular weight excluding hydrogens is 251 g/mol. The molecule has 3 aliphatic rings. The molecule has 0 heterocycles. The van der Waals surface area contributed by atoms with E-state index in [-0.39, 0.29) is 11.2 Å². The van der Waals surface area contributed by atoms with Gasteiger partial charge in [0.2, 0.25) is 0 Å². The van der Waals surface area contributed by atoms with E-state index in [4.69, 9.17) is 0 Å². The third-order valence-electron chi connectivity index (χ3n) is 6.43. The molecule has 3 unspecified atom stereocenters. The maximum atomic E-state index is 14.0. The Bertz CT molecular complexity index is 579. The predicted octanol–water partition coefficient (Wildman–Crippen LogP) is 4.25. The molecule has 106 valence electrons. The van der Waals surface area contributed by atoms with E-state index in [0.717, 1.165) is 44.1 Å². The Morgan fingerprint density at radius 2 is 2.05 bits per heavy atom. The highest BCUT2D eigenvalue weighted by Crippen LogP contribution is 2.59. The summed E-state index contributed by atoms with van der Waals surface area (Å²) in [6.07, 6.45) is 5.78. The lowest BCUT2D eigenvalue weighted by Gasteiger charge is -2.48. The Kier molecular flexibility index (Phi) is 2.61. The first-order valence-electron chi connectivity index (χ1n) is 7.92. The van der Waals surface area contributed by atoms with E-state index in [1.165, 1.54) is 5.56 Å². The van der Waals surface area contributed by atoms with Crippen LogP contribution in [0.25, 0.3) is 0 Å². The van der Waals surface area contributed by atoms with Crippen molar-refractivity contribution in [1.82, 2.24) is 0 Å². The van der Waals surface area contributed by atoms with Crippen molar-refractivity contribution in [2.24, 2.45) is 17.3 Å². The quantitative estimate of drug-likeness (QED) is 0.690. The van der Waals surface area contributed by atoms with Crippen molar-refractivity contribution in [2.45, 2.75) is 51.4 Å². The fourth-order valence-corrected chi connectivity index (χ4v) is 5.34. The molecule has 3 aliphatic carbocycles. The van der Waals surface area contributed by atoms with Gasteiger partial charge in [-0.15, -0.1) is 0 Å². The highest BCUT2D eigenvalue weighted by atomic mass is 19.1. The molecule has 0 radical (unpaired) electrons. The summed E-state index contributed by atoms with van der Waals surface area (Å²) in [5.74, 6) is 2.06. The average Bonchev–Trinajstić information content (AvgIpc) is 2.75. The van der Waals surface area contributed by atoms with Crippen LogP contribution in [0.4, 0.5) is 4.39 Å². The molecule has 2 heteroatoms. The first-order chi connectivity index (χ1) is 9.61. The number of hydrogen-bond donors (Lipinski definition) is 0. The summed E-state index contributed by atoms with van der Waals surface area (Å²) < 4.78 is 14.0. The predicted molar refractivity (Wildman–Crippen MR) is 76.0 cm³/mol. The van der Waals surface area contributed by atoms with Crippen molar-refractivity contribution in [3.8, 4) is 0 Å². The standard InChI is InChI=1S/C18H21FO/c1-18-10-9-12-11-3-2-4-16(19)14(11)6-5-13(12)15(18)7-8-17(18)20/h2-4,12-13,15H,5-10H2,1H3/t12?,13?,15?,18-/m0/s1. The van der Waals surface area contributed by atoms with E-state index in [0.29, 0.717) is 23.5 Å². The third kappa shape index (κ3) is 1.51. The number of carbonyl (C=O) groups excluding carboxylic acids is 1. The van der Waals surface area contributed by atoms with Gasteiger partial charge in [0.1, 0.15) is 11.6 Å². The number of fused-ring (bicyclic) bond motifs is 5. The van der Waals surface area contributed by atoms with E-state index < -0.39 is 0 Å². The van der Waals surface area contributed by atoms with E-state index in [1.54, 1.807) is 6.07 Å². The second-order valence-electron chi connectivity index (χ2n) is 7.14. The van der Waals surface area contributed by atoms with Crippen LogP contribution in [0.3, 0.4) is 0 Å². The molecule has 2 fully saturated rings. The maximum Gasteiger partial charge on any atom is 0.139 e. The number of rotatable bonds is 0. The van der Waals surface area contributed by atoms with Crippen LogP contribution in [-0.2, 0) is 11.2 Å². The number of benzene rings is 1. The van der Waals surface area contributed by atoms with Gasteiger partial charge in [-0.25, -0.2) is 4.39 Å². The first-order valence-corrected chi connectivity index (χ1v) is 7.92. The zero-order valence-corrected chi connectivity index (χ0v) is 12.0. The van der Waals surface area contributed by atoms with Crippen molar-refractivity contribution < 1.29 is 9.18 Å². The van der Waals surface area contributed by atoms with Crippen LogP contribution >= 0.6 is 0 Å². The van der Waals surface area contributed by atoms with Gasteiger partial charge in [-0.05, 0) is 67.1 Å². The molecule has 1 aromatic carbocycles. The van der Waals surface area contributed by atoms with Crippen LogP contribution in [0.1, 0.15) is 56.1 Å². The van der Waals surface area contributed by atoms with Gasteiger partial charge in [0.05, 0.1) is 0 Å². The lowest BCUT2D eigenvalue weighted by molar-refractivity contribution is -0.129. The lowest BCUT2D eigenvalue weighted by Crippen LogP contribution is -2.42. The van der Waals surface area contributed by atoms with Gasteiger partial charge in [-0.3, -0.25) is 4.79 Å².